The summed E-state index contributed by atoms with van der Waals surface area (Å²) in [7, 11) is 4.39. The summed E-state index contributed by atoms with van der Waals surface area (Å²) < 4.78 is 0. The lowest BCUT2D eigenvalue weighted by Crippen LogP contribution is -2.45. The standard InChI is InChI=1S/C12H25N/c1-9(12(2,3)4)10-7-11(8-10)13(5)6/h9-11H,7-8H2,1-6H3/t9-,10?,11?/m1/s1. The maximum absolute atomic E-state index is 2.41. The average Bonchev–Trinajstić information content (AvgIpc) is 1.80. The van der Waals surface area contributed by atoms with Gasteiger partial charge in [-0.2, -0.15) is 0 Å². The van der Waals surface area contributed by atoms with E-state index in [9.17, 15) is 0 Å². The Morgan fingerprint density at radius 2 is 1.62 bits per heavy atom. The summed E-state index contributed by atoms with van der Waals surface area (Å²) >= 11 is 0. The Labute approximate surface area is 83.5 Å². The van der Waals surface area contributed by atoms with E-state index in [2.05, 4.69) is 46.7 Å². The first-order valence-electron chi connectivity index (χ1n) is 5.48. The van der Waals surface area contributed by atoms with Gasteiger partial charge >= 0.3 is 0 Å². The zero-order chi connectivity index (χ0) is 10.2. The van der Waals surface area contributed by atoms with Crippen LogP contribution in [0.2, 0.25) is 0 Å². The van der Waals surface area contributed by atoms with Crippen LogP contribution in [0.15, 0.2) is 0 Å². The van der Waals surface area contributed by atoms with Crippen LogP contribution in [-0.4, -0.2) is 25.0 Å². The lowest BCUT2D eigenvalue weighted by Gasteiger charge is -2.46. The van der Waals surface area contributed by atoms with Gasteiger partial charge in [0.15, 0.2) is 0 Å². The summed E-state index contributed by atoms with van der Waals surface area (Å²) in [6.45, 7) is 9.50. The zero-order valence-corrected chi connectivity index (χ0v) is 10.1. The molecular formula is C12H25N. The fourth-order valence-electron chi connectivity index (χ4n) is 2.17. The van der Waals surface area contributed by atoms with Crippen LogP contribution in [0.4, 0.5) is 0 Å². The fourth-order valence-corrected chi connectivity index (χ4v) is 2.17. The van der Waals surface area contributed by atoms with E-state index in [0.29, 0.717) is 5.41 Å². The van der Waals surface area contributed by atoms with E-state index in [1.807, 2.05) is 0 Å². The van der Waals surface area contributed by atoms with Crippen molar-refractivity contribution in [3.8, 4) is 0 Å². The minimum absolute atomic E-state index is 0.488. The second kappa shape index (κ2) is 3.61. The van der Waals surface area contributed by atoms with Gasteiger partial charge in [-0.05, 0) is 44.2 Å². The molecule has 0 radical (unpaired) electrons. The maximum Gasteiger partial charge on any atom is 0.00946 e. The molecule has 13 heavy (non-hydrogen) atoms. The van der Waals surface area contributed by atoms with Gasteiger partial charge in [-0.15, -0.1) is 0 Å². The molecular weight excluding hydrogens is 158 g/mol. The molecule has 0 saturated heterocycles. The highest BCUT2D eigenvalue weighted by molar-refractivity contribution is 4.90. The predicted molar refractivity (Wildman–Crippen MR) is 58.8 cm³/mol. The van der Waals surface area contributed by atoms with Crippen molar-refractivity contribution in [3.05, 3.63) is 0 Å². The van der Waals surface area contributed by atoms with Gasteiger partial charge < -0.3 is 4.90 Å². The Morgan fingerprint density at radius 1 is 1.15 bits per heavy atom. The van der Waals surface area contributed by atoms with E-state index < -0.39 is 0 Å². The number of hydrogen-bond acceptors (Lipinski definition) is 1. The highest BCUT2D eigenvalue weighted by Crippen LogP contribution is 2.43. The highest BCUT2D eigenvalue weighted by Gasteiger charge is 2.38. The van der Waals surface area contributed by atoms with Crippen molar-refractivity contribution in [1.82, 2.24) is 4.90 Å². The molecule has 1 aliphatic carbocycles. The lowest BCUT2D eigenvalue weighted by atomic mass is 9.64. The van der Waals surface area contributed by atoms with E-state index >= 15 is 0 Å². The summed E-state index contributed by atoms with van der Waals surface area (Å²) in [6.07, 6.45) is 2.82. The SMILES string of the molecule is C[C@H](C1CC(N(C)C)C1)C(C)(C)C. The van der Waals surface area contributed by atoms with Gasteiger partial charge in [-0.1, -0.05) is 27.7 Å². The fraction of sp³-hybridized carbons (Fsp3) is 1.00. The van der Waals surface area contributed by atoms with Crippen molar-refractivity contribution in [1.29, 1.82) is 0 Å². The molecule has 0 aromatic rings. The first-order chi connectivity index (χ1) is 5.82. The minimum atomic E-state index is 0.488. The van der Waals surface area contributed by atoms with Crippen molar-refractivity contribution in [2.75, 3.05) is 14.1 Å². The Morgan fingerprint density at radius 3 is 1.92 bits per heavy atom. The molecule has 0 aromatic heterocycles. The molecule has 1 fully saturated rings. The molecule has 0 aliphatic heterocycles. The summed E-state index contributed by atoms with van der Waals surface area (Å²) in [6, 6.07) is 0.856. The molecule has 1 heteroatoms. The number of nitrogens with zero attached hydrogens (tertiary/aromatic N) is 1. The van der Waals surface area contributed by atoms with E-state index in [0.717, 1.165) is 17.9 Å². The first kappa shape index (κ1) is 11.0. The molecule has 0 amide bonds. The van der Waals surface area contributed by atoms with E-state index in [1.165, 1.54) is 12.8 Å². The molecule has 0 bridgehead atoms. The predicted octanol–water partition coefficient (Wildman–Crippen LogP) is 3.01. The molecule has 0 unspecified atom stereocenters. The third-order valence-electron chi connectivity index (χ3n) is 3.95. The Hall–Kier alpha value is -0.0400. The zero-order valence-electron chi connectivity index (χ0n) is 10.1. The highest BCUT2D eigenvalue weighted by atomic mass is 15.1. The molecule has 1 nitrogen and oxygen atoms in total. The van der Waals surface area contributed by atoms with Crippen LogP contribution in [0, 0.1) is 17.3 Å². The van der Waals surface area contributed by atoms with Crippen LogP contribution in [0.5, 0.6) is 0 Å². The van der Waals surface area contributed by atoms with Crippen molar-refractivity contribution in [2.24, 2.45) is 17.3 Å². The van der Waals surface area contributed by atoms with Crippen LogP contribution in [0.1, 0.15) is 40.5 Å². The second-order valence-electron chi connectivity index (χ2n) is 6.00. The molecule has 1 aliphatic rings. The molecule has 0 aromatic carbocycles. The van der Waals surface area contributed by atoms with Crippen molar-refractivity contribution >= 4 is 0 Å². The van der Waals surface area contributed by atoms with Crippen molar-refractivity contribution < 1.29 is 0 Å². The van der Waals surface area contributed by atoms with Gasteiger partial charge in [0.1, 0.15) is 0 Å². The largest absolute Gasteiger partial charge is 0.306 e. The molecule has 1 rings (SSSR count). The van der Waals surface area contributed by atoms with Gasteiger partial charge in [0.25, 0.3) is 0 Å². The van der Waals surface area contributed by atoms with Crippen LogP contribution < -0.4 is 0 Å². The monoisotopic (exact) mass is 183 g/mol. The summed E-state index contributed by atoms with van der Waals surface area (Å²) in [5.41, 5.74) is 0.488. The summed E-state index contributed by atoms with van der Waals surface area (Å²) in [5.74, 6) is 1.83. The third kappa shape index (κ3) is 2.46. The van der Waals surface area contributed by atoms with Crippen LogP contribution >= 0.6 is 0 Å². The van der Waals surface area contributed by atoms with E-state index in [-0.39, 0.29) is 0 Å². The summed E-state index contributed by atoms with van der Waals surface area (Å²) in [4.78, 5) is 2.37. The van der Waals surface area contributed by atoms with Crippen molar-refractivity contribution in [2.45, 2.75) is 46.6 Å². The van der Waals surface area contributed by atoms with Crippen LogP contribution in [-0.2, 0) is 0 Å². The smallest absolute Gasteiger partial charge is 0.00946 e. The average molecular weight is 183 g/mol. The molecule has 78 valence electrons. The topological polar surface area (TPSA) is 3.24 Å². The van der Waals surface area contributed by atoms with Gasteiger partial charge in [0.05, 0.1) is 0 Å². The minimum Gasteiger partial charge on any atom is -0.306 e. The second-order valence-corrected chi connectivity index (χ2v) is 6.00. The van der Waals surface area contributed by atoms with Gasteiger partial charge in [-0.3, -0.25) is 0 Å². The molecule has 1 saturated carbocycles. The summed E-state index contributed by atoms with van der Waals surface area (Å²) in [5, 5.41) is 0. The van der Waals surface area contributed by atoms with Gasteiger partial charge in [-0.25, -0.2) is 0 Å². The molecule has 1 atom stereocenters. The van der Waals surface area contributed by atoms with Crippen molar-refractivity contribution in [3.63, 3.8) is 0 Å². The van der Waals surface area contributed by atoms with E-state index in [4.69, 9.17) is 0 Å². The maximum atomic E-state index is 2.41. The van der Waals surface area contributed by atoms with E-state index in [1.54, 1.807) is 0 Å². The first-order valence-corrected chi connectivity index (χ1v) is 5.48. The van der Waals surface area contributed by atoms with Gasteiger partial charge in [0.2, 0.25) is 0 Å². The number of hydrogen-bond donors (Lipinski definition) is 0. The Bertz CT molecular complexity index is 160. The van der Waals surface area contributed by atoms with Gasteiger partial charge in [0, 0.05) is 6.04 Å². The molecule has 0 N–H and O–H groups in total. The number of rotatable bonds is 2. The van der Waals surface area contributed by atoms with Crippen LogP contribution in [0.25, 0.3) is 0 Å². The lowest BCUT2D eigenvalue weighted by molar-refractivity contribution is 0.0409. The quantitative estimate of drug-likeness (QED) is 0.636. The molecule has 0 spiro atoms. The molecule has 0 heterocycles. The normalized spacial score (nSPS) is 31.6. The third-order valence-corrected chi connectivity index (χ3v) is 3.95. The Balaban J connectivity index is 2.35. The Kier molecular flexibility index (Phi) is 3.06. The van der Waals surface area contributed by atoms with Crippen LogP contribution in [0.3, 0.4) is 0 Å².